The van der Waals surface area contributed by atoms with E-state index < -0.39 is 0 Å². The van der Waals surface area contributed by atoms with E-state index in [1.165, 1.54) is 5.39 Å². The summed E-state index contributed by atoms with van der Waals surface area (Å²) < 4.78 is 7.68. The van der Waals surface area contributed by atoms with E-state index in [4.69, 9.17) is 4.74 Å². The van der Waals surface area contributed by atoms with Crippen molar-refractivity contribution in [3.8, 4) is 5.82 Å². The van der Waals surface area contributed by atoms with Crippen LogP contribution in [0, 0.1) is 5.92 Å². The van der Waals surface area contributed by atoms with Gasteiger partial charge in [-0.05, 0) is 43.2 Å². The molecule has 0 aliphatic carbocycles. The molecule has 2 aliphatic rings. The number of hydrogen-bond acceptors (Lipinski definition) is 5. The summed E-state index contributed by atoms with van der Waals surface area (Å²) in [6.07, 6.45) is 7.68. The van der Waals surface area contributed by atoms with Gasteiger partial charge >= 0.3 is 0 Å². The molecule has 5 rings (SSSR count). The van der Waals surface area contributed by atoms with Crippen molar-refractivity contribution in [3.05, 3.63) is 48.9 Å². The predicted octanol–water partition coefficient (Wildman–Crippen LogP) is 2.93. The average molecular weight is 406 g/mol. The number of rotatable bonds is 5. The molecule has 1 aromatic carbocycles. The minimum absolute atomic E-state index is 0.0670. The highest BCUT2D eigenvalue weighted by atomic mass is 16.5. The second kappa shape index (κ2) is 8.44. The van der Waals surface area contributed by atoms with Crippen LogP contribution in [-0.2, 0) is 9.53 Å². The van der Waals surface area contributed by atoms with Crippen LogP contribution in [0.3, 0.4) is 0 Å². The summed E-state index contributed by atoms with van der Waals surface area (Å²) in [5.41, 5.74) is 1.13. The van der Waals surface area contributed by atoms with Gasteiger partial charge in [-0.15, -0.1) is 0 Å². The highest BCUT2D eigenvalue weighted by Crippen LogP contribution is 2.25. The van der Waals surface area contributed by atoms with Crippen LogP contribution in [0.1, 0.15) is 25.7 Å². The molecule has 0 spiro atoms. The maximum absolute atomic E-state index is 12.5. The van der Waals surface area contributed by atoms with Gasteiger partial charge in [0.1, 0.15) is 18.0 Å². The number of benzene rings is 1. The van der Waals surface area contributed by atoms with Crippen LogP contribution < -0.4 is 10.2 Å². The minimum Gasteiger partial charge on any atom is -0.376 e. The fourth-order valence-electron chi connectivity index (χ4n) is 4.46. The van der Waals surface area contributed by atoms with E-state index in [1.54, 1.807) is 6.33 Å². The SMILES string of the molecule is O=C(NC[C@@H]1CCCO1)C1CCN(c2cc(-n3ccc4ccccc43)ncn2)CC1. The van der Waals surface area contributed by atoms with Crippen LogP contribution in [0.15, 0.2) is 48.9 Å². The molecule has 1 atom stereocenters. The van der Waals surface area contributed by atoms with Crippen LogP contribution in [0.25, 0.3) is 16.7 Å². The first kappa shape index (κ1) is 19.1. The monoisotopic (exact) mass is 405 g/mol. The summed E-state index contributed by atoms with van der Waals surface area (Å²) in [6.45, 7) is 3.10. The molecule has 3 aromatic rings. The minimum atomic E-state index is 0.0670. The first-order valence-corrected chi connectivity index (χ1v) is 10.8. The topological polar surface area (TPSA) is 72.3 Å². The van der Waals surface area contributed by atoms with Gasteiger partial charge in [-0.2, -0.15) is 0 Å². The third-order valence-electron chi connectivity index (χ3n) is 6.20. The molecule has 2 aromatic heterocycles. The van der Waals surface area contributed by atoms with Crippen molar-refractivity contribution in [3.63, 3.8) is 0 Å². The lowest BCUT2D eigenvalue weighted by Crippen LogP contribution is -2.42. The molecule has 2 aliphatic heterocycles. The van der Waals surface area contributed by atoms with E-state index >= 15 is 0 Å². The Morgan fingerprint density at radius 2 is 1.93 bits per heavy atom. The summed E-state index contributed by atoms with van der Waals surface area (Å²) in [6, 6.07) is 12.4. The first-order valence-electron chi connectivity index (χ1n) is 10.8. The molecule has 0 bridgehead atoms. The standard InChI is InChI=1S/C23H27N5O2/c29-23(24-15-19-5-3-13-30-19)18-7-10-27(11-8-18)21-14-22(26-16-25-21)28-12-9-17-4-1-2-6-20(17)28/h1-2,4,6,9,12,14,16,18-19H,3,5,7-8,10-11,13,15H2,(H,24,29)/t19-/m0/s1. The van der Waals surface area contributed by atoms with E-state index in [0.717, 1.165) is 62.5 Å². The Balaban J connectivity index is 1.22. The van der Waals surface area contributed by atoms with Crippen LogP contribution in [-0.4, -0.2) is 52.8 Å². The Morgan fingerprint density at radius 3 is 2.77 bits per heavy atom. The molecular formula is C23H27N5O2. The normalized spacial score (nSPS) is 20.0. The molecule has 2 saturated heterocycles. The van der Waals surface area contributed by atoms with Crippen molar-refractivity contribution >= 4 is 22.6 Å². The molecule has 1 amide bonds. The van der Waals surface area contributed by atoms with Crippen LogP contribution >= 0.6 is 0 Å². The highest BCUT2D eigenvalue weighted by molar-refractivity contribution is 5.81. The maximum atomic E-state index is 12.5. The van der Waals surface area contributed by atoms with Crippen molar-refractivity contribution < 1.29 is 9.53 Å². The van der Waals surface area contributed by atoms with Gasteiger partial charge in [-0.25, -0.2) is 9.97 Å². The van der Waals surface area contributed by atoms with Gasteiger partial charge in [0.2, 0.25) is 5.91 Å². The van der Waals surface area contributed by atoms with Gasteiger partial charge in [-0.3, -0.25) is 4.79 Å². The number of aromatic nitrogens is 3. The number of amides is 1. The van der Waals surface area contributed by atoms with Gasteiger partial charge in [-0.1, -0.05) is 18.2 Å². The number of nitrogens with one attached hydrogen (secondary N) is 1. The summed E-state index contributed by atoms with van der Waals surface area (Å²) in [5.74, 6) is 2.00. The van der Waals surface area contributed by atoms with Crippen LogP contribution in [0.2, 0.25) is 0 Å². The molecular weight excluding hydrogens is 378 g/mol. The maximum Gasteiger partial charge on any atom is 0.223 e. The van der Waals surface area contributed by atoms with Crippen molar-refractivity contribution in [2.75, 3.05) is 31.1 Å². The van der Waals surface area contributed by atoms with Crippen molar-refractivity contribution in [1.29, 1.82) is 0 Å². The van der Waals surface area contributed by atoms with E-state index in [9.17, 15) is 4.79 Å². The molecule has 7 nitrogen and oxygen atoms in total. The molecule has 30 heavy (non-hydrogen) atoms. The van der Waals surface area contributed by atoms with E-state index in [0.29, 0.717) is 6.54 Å². The molecule has 4 heterocycles. The van der Waals surface area contributed by atoms with Crippen LogP contribution in [0.4, 0.5) is 5.82 Å². The van der Waals surface area contributed by atoms with Gasteiger partial charge in [0, 0.05) is 44.4 Å². The van der Waals surface area contributed by atoms with Crippen molar-refractivity contribution in [1.82, 2.24) is 19.9 Å². The van der Waals surface area contributed by atoms with Gasteiger partial charge in [0.25, 0.3) is 0 Å². The zero-order chi connectivity index (χ0) is 20.3. The second-order valence-corrected chi connectivity index (χ2v) is 8.12. The Bertz CT molecular complexity index is 1020. The van der Waals surface area contributed by atoms with Crippen molar-refractivity contribution in [2.45, 2.75) is 31.8 Å². The van der Waals surface area contributed by atoms with E-state index in [-0.39, 0.29) is 17.9 Å². The number of para-hydroxylation sites is 1. The third-order valence-corrected chi connectivity index (χ3v) is 6.20. The number of anilines is 1. The Morgan fingerprint density at radius 1 is 1.10 bits per heavy atom. The van der Waals surface area contributed by atoms with Gasteiger partial charge in [0.15, 0.2) is 0 Å². The number of carbonyl (C=O) groups is 1. The molecule has 1 N–H and O–H groups in total. The average Bonchev–Trinajstić information content (AvgIpc) is 3.48. The van der Waals surface area contributed by atoms with E-state index in [1.807, 2.05) is 24.4 Å². The summed E-state index contributed by atoms with van der Waals surface area (Å²) in [4.78, 5) is 23.7. The third kappa shape index (κ3) is 3.89. The number of fused-ring (bicyclic) bond motifs is 1. The molecule has 0 unspecified atom stereocenters. The number of ether oxygens (including phenoxy) is 1. The summed E-state index contributed by atoms with van der Waals surface area (Å²) in [7, 11) is 0. The number of nitrogens with zero attached hydrogens (tertiary/aromatic N) is 4. The molecule has 156 valence electrons. The summed E-state index contributed by atoms with van der Waals surface area (Å²) >= 11 is 0. The fourth-order valence-corrected chi connectivity index (χ4v) is 4.46. The molecule has 0 radical (unpaired) electrons. The lowest BCUT2D eigenvalue weighted by Gasteiger charge is -2.32. The molecule has 0 saturated carbocycles. The number of carbonyl (C=O) groups excluding carboxylic acids is 1. The van der Waals surface area contributed by atoms with Gasteiger partial charge in [0.05, 0.1) is 11.6 Å². The first-order chi connectivity index (χ1) is 14.8. The lowest BCUT2D eigenvalue weighted by molar-refractivity contribution is -0.126. The molecule has 7 heteroatoms. The zero-order valence-corrected chi connectivity index (χ0v) is 17.0. The number of piperidine rings is 1. The second-order valence-electron chi connectivity index (χ2n) is 8.12. The highest BCUT2D eigenvalue weighted by Gasteiger charge is 2.27. The Hall–Kier alpha value is -2.93. The van der Waals surface area contributed by atoms with Gasteiger partial charge < -0.3 is 19.5 Å². The fraction of sp³-hybridized carbons (Fsp3) is 0.435. The smallest absolute Gasteiger partial charge is 0.223 e. The lowest BCUT2D eigenvalue weighted by atomic mass is 9.96. The van der Waals surface area contributed by atoms with Crippen LogP contribution in [0.5, 0.6) is 0 Å². The Labute approximate surface area is 176 Å². The predicted molar refractivity (Wildman–Crippen MR) is 116 cm³/mol. The van der Waals surface area contributed by atoms with Crippen molar-refractivity contribution in [2.24, 2.45) is 5.92 Å². The Kier molecular flexibility index (Phi) is 5.36. The molecule has 2 fully saturated rings. The number of hydrogen-bond donors (Lipinski definition) is 1. The largest absolute Gasteiger partial charge is 0.376 e. The summed E-state index contributed by atoms with van der Waals surface area (Å²) in [5, 5.41) is 4.27. The quantitative estimate of drug-likeness (QED) is 0.707. The van der Waals surface area contributed by atoms with E-state index in [2.05, 4.69) is 43.0 Å². The zero-order valence-electron chi connectivity index (χ0n) is 17.0.